The van der Waals surface area contributed by atoms with Crippen molar-refractivity contribution in [1.82, 2.24) is 14.8 Å². The van der Waals surface area contributed by atoms with Crippen molar-refractivity contribution in [2.75, 3.05) is 16.4 Å². The molecule has 3 aromatic rings. The number of aromatic nitrogens is 3. The number of amides is 2. The van der Waals surface area contributed by atoms with Crippen LogP contribution in [0.4, 0.5) is 11.4 Å². The van der Waals surface area contributed by atoms with Gasteiger partial charge in [0.15, 0.2) is 5.16 Å². The number of nitrogens with zero attached hydrogens (tertiary/aromatic N) is 3. The zero-order valence-corrected chi connectivity index (χ0v) is 17.4. The molecule has 7 nitrogen and oxygen atoms in total. The SMILES string of the molecule is CC(C)c1ccccc1NC(=O)c1cccc(NC(=O)CSc2nncn2C)c1. The van der Waals surface area contributed by atoms with E-state index >= 15 is 0 Å². The van der Waals surface area contributed by atoms with Crippen molar-refractivity contribution in [3.05, 3.63) is 66.0 Å². The highest BCUT2D eigenvalue weighted by molar-refractivity contribution is 7.99. The Morgan fingerprint density at radius 3 is 2.62 bits per heavy atom. The third kappa shape index (κ3) is 5.45. The van der Waals surface area contributed by atoms with Gasteiger partial charge in [0, 0.05) is 24.0 Å². The third-order valence-corrected chi connectivity index (χ3v) is 5.28. The molecule has 8 heteroatoms. The molecule has 0 aliphatic carbocycles. The first-order valence-electron chi connectivity index (χ1n) is 9.21. The molecule has 0 fully saturated rings. The van der Waals surface area contributed by atoms with E-state index in [4.69, 9.17) is 0 Å². The summed E-state index contributed by atoms with van der Waals surface area (Å²) in [5.74, 6) is 0.0944. The molecule has 2 aromatic carbocycles. The second kappa shape index (κ2) is 9.38. The third-order valence-electron chi connectivity index (χ3n) is 4.24. The normalized spacial score (nSPS) is 10.8. The maximum absolute atomic E-state index is 12.7. The summed E-state index contributed by atoms with van der Waals surface area (Å²) in [7, 11) is 1.82. The maximum Gasteiger partial charge on any atom is 0.255 e. The molecule has 0 atom stereocenters. The van der Waals surface area contributed by atoms with Gasteiger partial charge in [0.25, 0.3) is 5.91 Å². The first-order chi connectivity index (χ1) is 13.9. The smallest absolute Gasteiger partial charge is 0.255 e. The lowest BCUT2D eigenvalue weighted by atomic mass is 10.0. The van der Waals surface area contributed by atoms with Gasteiger partial charge in [-0.2, -0.15) is 0 Å². The van der Waals surface area contributed by atoms with Crippen LogP contribution in [0.2, 0.25) is 0 Å². The molecule has 0 aliphatic heterocycles. The van der Waals surface area contributed by atoms with Gasteiger partial charge in [-0.25, -0.2) is 0 Å². The highest BCUT2D eigenvalue weighted by Crippen LogP contribution is 2.24. The molecule has 1 aromatic heterocycles. The Morgan fingerprint density at radius 2 is 1.90 bits per heavy atom. The number of para-hydroxylation sites is 1. The first kappa shape index (κ1) is 20.6. The lowest BCUT2D eigenvalue weighted by molar-refractivity contribution is -0.113. The van der Waals surface area contributed by atoms with Gasteiger partial charge in [-0.1, -0.05) is 49.9 Å². The van der Waals surface area contributed by atoms with Crippen LogP contribution in [0.25, 0.3) is 0 Å². The van der Waals surface area contributed by atoms with Crippen LogP contribution >= 0.6 is 11.8 Å². The van der Waals surface area contributed by atoms with Crippen LogP contribution in [-0.4, -0.2) is 32.3 Å². The number of hydrogen-bond donors (Lipinski definition) is 2. The van der Waals surface area contributed by atoms with Crippen LogP contribution in [0.3, 0.4) is 0 Å². The molecule has 2 N–H and O–H groups in total. The van der Waals surface area contributed by atoms with Gasteiger partial charge in [-0.15, -0.1) is 10.2 Å². The molecule has 0 unspecified atom stereocenters. The van der Waals surface area contributed by atoms with Crippen LogP contribution in [0, 0.1) is 0 Å². The number of carbonyl (C=O) groups excluding carboxylic acids is 2. The van der Waals surface area contributed by atoms with E-state index in [2.05, 4.69) is 34.7 Å². The lowest BCUT2D eigenvalue weighted by Crippen LogP contribution is -2.16. The predicted octanol–water partition coefficient (Wildman–Crippen LogP) is 3.92. The largest absolute Gasteiger partial charge is 0.325 e. The van der Waals surface area contributed by atoms with Gasteiger partial charge in [0.1, 0.15) is 6.33 Å². The number of aryl methyl sites for hydroxylation is 1. The van der Waals surface area contributed by atoms with Gasteiger partial charge in [0.2, 0.25) is 5.91 Å². The number of anilines is 2. The van der Waals surface area contributed by atoms with Crippen LogP contribution in [-0.2, 0) is 11.8 Å². The zero-order valence-electron chi connectivity index (χ0n) is 16.5. The Morgan fingerprint density at radius 1 is 1.10 bits per heavy atom. The van der Waals surface area contributed by atoms with Crippen molar-refractivity contribution in [2.24, 2.45) is 7.05 Å². The van der Waals surface area contributed by atoms with Crippen molar-refractivity contribution in [3.8, 4) is 0 Å². The lowest BCUT2D eigenvalue weighted by Gasteiger charge is -2.14. The van der Waals surface area contributed by atoms with E-state index in [1.807, 2.05) is 31.3 Å². The molecule has 0 saturated carbocycles. The van der Waals surface area contributed by atoms with E-state index in [1.54, 1.807) is 35.2 Å². The number of nitrogens with one attached hydrogen (secondary N) is 2. The van der Waals surface area contributed by atoms with Crippen LogP contribution in [0.1, 0.15) is 35.7 Å². The Bertz CT molecular complexity index is 1020. The molecule has 0 saturated heterocycles. The summed E-state index contributed by atoms with van der Waals surface area (Å²) in [6, 6.07) is 14.6. The van der Waals surface area contributed by atoms with E-state index in [1.165, 1.54) is 11.8 Å². The van der Waals surface area contributed by atoms with Crippen LogP contribution in [0.5, 0.6) is 0 Å². The van der Waals surface area contributed by atoms with Gasteiger partial charge in [-0.3, -0.25) is 9.59 Å². The van der Waals surface area contributed by atoms with E-state index in [9.17, 15) is 9.59 Å². The average molecular weight is 410 g/mol. The standard InChI is InChI=1S/C21H23N5O2S/c1-14(2)17-9-4-5-10-18(17)24-20(28)15-7-6-8-16(11-15)23-19(27)12-29-21-25-22-13-26(21)3/h4-11,13-14H,12H2,1-3H3,(H,23,27)(H,24,28). The minimum absolute atomic E-state index is 0.180. The fourth-order valence-electron chi connectivity index (χ4n) is 2.78. The predicted molar refractivity (Wildman–Crippen MR) is 115 cm³/mol. The summed E-state index contributed by atoms with van der Waals surface area (Å²) in [6.45, 7) is 4.17. The van der Waals surface area contributed by atoms with Gasteiger partial charge in [-0.05, 0) is 35.7 Å². The quantitative estimate of drug-likeness (QED) is 0.578. The second-order valence-corrected chi connectivity index (χ2v) is 7.78. The Hall–Kier alpha value is -3.13. The number of hydrogen-bond acceptors (Lipinski definition) is 5. The van der Waals surface area contributed by atoms with E-state index in [0.717, 1.165) is 11.3 Å². The summed E-state index contributed by atoms with van der Waals surface area (Å²) in [5, 5.41) is 14.2. The molecule has 1 heterocycles. The molecule has 29 heavy (non-hydrogen) atoms. The van der Waals surface area contributed by atoms with Gasteiger partial charge >= 0.3 is 0 Å². The Kier molecular flexibility index (Phi) is 6.66. The molecule has 0 bridgehead atoms. The van der Waals surface area contributed by atoms with Crippen molar-refractivity contribution in [3.63, 3.8) is 0 Å². The molecular weight excluding hydrogens is 386 g/mol. The first-order valence-corrected chi connectivity index (χ1v) is 10.2. The van der Waals surface area contributed by atoms with Crippen LogP contribution < -0.4 is 10.6 Å². The fraction of sp³-hybridized carbons (Fsp3) is 0.238. The molecule has 3 rings (SSSR count). The van der Waals surface area contributed by atoms with Crippen molar-refractivity contribution in [2.45, 2.75) is 24.9 Å². The monoisotopic (exact) mass is 409 g/mol. The van der Waals surface area contributed by atoms with E-state index < -0.39 is 0 Å². The highest BCUT2D eigenvalue weighted by Gasteiger charge is 2.12. The number of rotatable bonds is 7. The molecule has 0 aliphatic rings. The molecule has 0 radical (unpaired) electrons. The minimum Gasteiger partial charge on any atom is -0.325 e. The minimum atomic E-state index is -0.220. The fourth-order valence-corrected chi connectivity index (χ4v) is 3.47. The number of benzene rings is 2. The topological polar surface area (TPSA) is 88.9 Å². The molecule has 150 valence electrons. The Balaban J connectivity index is 1.64. The van der Waals surface area contributed by atoms with E-state index in [0.29, 0.717) is 22.3 Å². The van der Waals surface area contributed by atoms with Crippen LogP contribution in [0.15, 0.2) is 60.0 Å². The average Bonchev–Trinajstić information content (AvgIpc) is 3.11. The van der Waals surface area contributed by atoms with Gasteiger partial charge in [0.05, 0.1) is 5.75 Å². The molecule has 2 amide bonds. The summed E-state index contributed by atoms with van der Waals surface area (Å²) in [4.78, 5) is 24.9. The van der Waals surface area contributed by atoms with Crippen molar-refractivity contribution >= 4 is 35.0 Å². The zero-order chi connectivity index (χ0) is 20.8. The molecule has 0 spiro atoms. The second-order valence-electron chi connectivity index (χ2n) is 6.84. The number of thioether (sulfide) groups is 1. The Labute approximate surface area is 173 Å². The molecular formula is C21H23N5O2S. The van der Waals surface area contributed by atoms with Gasteiger partial charge < -0.3 is 15.2 Å². The summed E-state index contributed by atoms with van der Waals surface area (Å²) in [6.07, 6.45) is 1.58. The summed E-state index contributed by atoms with van der Waals surface area (Å²) >= 11 is 1.30. The van der Waals surface area contributed by atoms with Crippen molar-refractivity contribution < 1.29 is 9.59 Å². The van der Waals surface area contributed by atoms with E-state index in [-0.39, 0.29) is 17.6 Å². The number of carbonyl (C=O) groups is 2. The summed E-state index contributed by atoms with van der Waals surface area (Å²) < 4.78 is 1.75. The van der Waals surface area contributed by atoms with Crippen molar-refractivity contribution in [1.29, 1.82) is 0 Å². The maximum atomic E-state index is 12.7. The highest BCUT2D eigenvalue weighted by atomic mass is 32.2. The summed E-state index contributed by atoms with van der Waals surface area (Å²) in [5.41, 5.74) is 2.91.